The first-order valence-corrected chi connectivity index (χ1v) is 11.4. The zero-order valence-corrected chi connectivity index (χ0v) is 22.7. The molecular weight excluding hydrogens is 276 g/mol. The van der Waals surface area contributed by atoms with Gasteiger partial charge in [0, 0.05) is 0 Å². The van der Waals surface area contributed by atoms with E-state index in [0.717, 1.165) is 0 Å². The Morgan fingerprint density at radius 3 is 0.217 bits per heavy atom. The third kappa shape index (κ3) is 0. The highest BCUT2D eigenvalue weighted by atomic mass is 13.4. The van der Waals surface area contributed by atoms with E-state index < -0.39 is 0 Å². The minimum atomic E-state index is 1.25. The zero-order valence-electron chi connectivity index (χ0n) is 22.7. The van der Waals surface area contributed by atoms with Crippen molar-refractivity contribution in [3.8, 4) is 0 Å². The maximum Gasteiger partial charge on any atom is -0.0590 e. The van der Waals surface area contributed by atoms with Crippen LogP contribution in [0.1, 0.15) is 159 Å². The fraction of sp³-hybridized carbons (Fsp3) is 1.00. The van der Waals surface area contributed by atoms with Gasteiger partial charge >= 0.3 is 0 Å². The van der Waals surface area contributed by atoms with E-state index in [1.807, 2.05) is 138 Å². The maximum atomic E-state index is 2.12. The first-order valence-electron chi connectivity index (χ1n) is 11.4. The quantitative estimate of drug-likeness (QED) is 0.409. The molecule has 0 aliphatic carbocycles. The second kappa shape index (κ2) is 9700. The Labute approximate surface area is 159 Å². The van der Waals surface area contributed by atoms with Crippen LogP contribution < -0.4 is 0 Å². The van der Waals surface area contributed by atoms with Gasteiger partial charge in [0.25, 0.3) is 0 Å². The molecule has 160 valence electrons. The van der Waals surface area contributed by atoms with Crippen molar-refractivity contribution in [2.75, 3.05) is 0 Å². The summed E-state index contributed by atoms with van der Waals surface area (Å²) in [5.41, 5.74) is 0. The van der Waals surface area contributed by atoms with Gasteiger partial charge < -0.3 is 0 Å². The van der Waals surface area contributed by atoms with Crippen LogP contribution in [0.5, 0.6) is 0 Å². The van der Waals surface area contributed by atoms with Crippen LogP contribution >= 0.6 is 0 Å². The molecule has 0 heterocycles. The molecule has 0 radical (unpaired) electrons. The van der Waals surface area contributed by atoms with Gasteiger partial charge in [-0.2, -0.15) is 0 Å². The van der Waals surface area contributed by atoms with Gasteiger partial charge in [0.2, 0.25) is 0 Å². The average Bonchev–Trinajstić information content (AvgIpc) is 2.77. The van der Waals surface area contributed by atoms with Crippen LogP contribution in [0.15, 0.2) is 0 Å². The van der Waals surface area contributed by atoms with E-state index in [1.54, 1.807) is 0 Å². The topological polar surface area (TPSA) is 0 Å². The molecule has 0 spiro atoms. The summed E-state index contributed by atoms with van der Waals surface area (Å²) in [6, 6.07) is 0. The molecule has 0 amide bonds. The van der Waals surface area contributed by atoms with Gasteiger partial charge in [-0.15, -0.1) is 0 Å². The SMILES string of the molecule is CC.CC.CC.CC.CC.CC.CC.CC.CC.CC.CCC. The summed E-state index contributed by atoms with van der Waals surface area (Å²) >= 11 is 0. The fourth-order valence-electron chi connectivity index (χ4n) is 0. The van der Waals surface area contributed by atoms with Gasteiger partial charge in [-0.05, 0) is 0 Å². The van der Waals surface area contributed by atoms with Crippen molar-refractivity contribution in [3.05, 3.63) is 0 Å². The molecule has 0 fully saturated rings. The van der Waals surface area contributed by atoms with Crippen molar-refractivity contribution >= 4 is 0 Å². The number of hydrogen-bond acceptors (Lipinski definition) is 0. The minimum Gasteiger partial charge on any atom is -0.0683 e. The summed E-state index contributed by atoms with van der Waals surface area (Å²) in [7, 11) is 0. The van der Waals surface area contributed by atoms with Crippen molar-refractivity contribution in [1.29, 1.82) is 0 Å². The highest BCUT2D eigenvalue weighted by molar-refractivity contribution is 3.92. The Kier molecular flexibility index (Phi) is 32600. The Hall–Kier alpha value is 0. The van der Waals surface area contributed by atoms with E-state index in [2.05, 4.69) is 13.8 Å². The van der Waals surface area contributed by atoms with E-state index >= 15 is 0 Å². The van der Waals surface area contributed by atoms with Crippen molar-refractivity contribution in [2.45, 2.75) is 159 Å². The summed E-state index contributed by atoms with van der Waals surface area (Å²) in [5.74, 6) is 0. The summed E-state index contributed by atoms with van der Waals surface area (Å²) in [6.45, 7) is 44.2. The molecule has 0 atom stereocenters. The van der Waals surface area contributed by atoms with Gasteiger partial charge in [-0.25, -0.2) is 0 Å². The summed E-state index contributed by atoms with van der Waals surface area (Å²) in [5, 5.41) is 0. The lowest BCUT2D eigenvalue weighted by molar-refractivity contribution is 1.09. The van der Waals surface area contributed by atoms with Gasteiger partial charge in [-0.3, -0.25) is 0 Å². The fourth-order valence-corrected chi connectivity index (χ4v) is 0. The van der Waals surface area contributed by atoms with Crippen molar-refractivity contribution in [1.82, 2.24) is 0 Å². The molecule has 0 unspecified atom stereocenters. The largest absolute Gasteiger partial charge is 0.0683 e. The molecule has 23 heavy (non-hydrogen) atoms. The summed E-state index contributed by atoms with van der Waals surface area (Å²) in [6.07, 6.45) is 1.25. The van der Waals surface area contributed by atoms with Crippen LogP contribution in [0.2, 0.25) is 0 Å². The van der Waals surface area contributed by atoms with E-state index in [-0.39, 0.29) is 0 Å². The van der Waals surface area contributed by atoms with Crippen LogP contribution in [-0.4, -0.2) is 0 Å². The van der Waals surface area contributed by atoms with E-state index in [4.69, 9.17) is 0 Å². The highest BCUT2D eigenvalue weighted by Gasteiger charge is 1.35. The van der Waals surface area contributed by atoms with E-state index in [1.165, 1.54) is 6.42 Å². The molecule has 0 aromatic carbocycles. The molecule has 0 bridgehead atoms. The smallest absolute Gasteiger partial charge is 0.0590 e. The van der Waals surface area contributed by atoms with Crippen LogP contribution in [0.4, 0.5) is 0 Å². The maximum absolute atomic E-state index is 2.12. The molecule has 0 saturated heterocycles. The third-order valence-corrected chi connectivity index (χ3v) is 0. The molecule has 0 aliphatic heterocycles. The minimum absolute atomic E-state index is 1.25. The van der Waals surface area contributed by atoms with Gasteiger partial charge in [0.15, 0.2) is 0 Å². The molecule has 0 N–H and O–H groups in total. The molecule has 0 aromatic heterocycles. The van der Waals surface area contributed by atoms with Crippen molar-refractivity contribution in [3.63, 3.8) is 0 Å². The van der Waals surface area contributed by atoms with Gasteiger partial charge in [0.1, 0.15) is 0 Å². The average molecular weight is 345 g/mol. The number of rotatable bonds is 0. The predicted molar refractivity (Wildman–Crippen MR) is 129 cm³/mol. The lowest BCUT2D eigenvalue weighted by Gasteiger charge is -1.48. The van der Waals surface area contributed by atoms with Gasteiger partial charge in [-0.1, -0.05) is 159 Å². The molecule has 0 aromatic rings. The van der Waals surface area contributed by atoms with Crippen LogP contribution in [0, 0.1) is 0 Å². The predicted octanol–water partition coefficient (Wildman–Crippen LogP) is 11.7. The first-order chi connectivity index (χ1) is 11.4. The standard InChI is InChI=1S/C3H8.10C2H6/c1-3-2;10*1-2/h3H2,1-2H3;10*1-2H3. The van der Waals surface area contributed by atoms with Gasteiger partial charge in [0.05, 0.1) is 0 Å². The Morgan fingerprint density at radius 1 is 0.217 bits per heavy atom. The zero-order chi connectivity index (χ0) is 22.7. The monoisotopic (exact) mass is 345 g/mol. The van der Waals surface area contributed by atoms with E-state index in [9.17, 15) is 0 Å². The van der Waals surface area contributed by atoms with Crippen LogP contribution in [-0.2, 0) is 0 Å². The molecular formula is C23H68. The molecule has 0 aliphatic rings. The third-order valence-electron chi connectivity index (χ3n) is 0. The highest BCUT2D eigenvalue weighted by Crippen LogP contribution is 1.56. The first kappa shape index (κ1) is 77.3. The summed E-state index contributed by atoms with van der Waals surface area (Å²) < 4.78 is 0. The molecule has 0 saturated carbocycles. The molecule has 0 rings (SSSR count). The second-order valence-electron chi connectivity index (χ2n) is 0.707. The van der Waals surface area contributed by atoms with E-state index in [0.29, 0.717) is 0 Å². The lowest BCUT2D eigenvalue weighted by Crippen LogP contribution is -1.27. The lowest BCUT2D eigenvalue weighted by atomic mass is 10.6. The summed E-state index contributed by atoms with van der Waals surface area (Å²) in [4.78, 5) is 0. The Balaban J connectivity index is -0.00000000768. The second-order valence-corrected chi connectivity index (χ2v) is 0.707. The van der Waals surface area contributed by atoms with Crippen molar-refractivity contribution in [2.24, 2.45) is 0 Å². The Morgan fingerprint density at radius 2 is 0.217 bits per heavy atom. The number of hydrogen-bond donors (Lipinski definition) is 0. The molecule has 0 nitrogen and oxygen atoms in total. The molecule has 0 heteroatoms. The Bertz CT molecular complexity index is 0. The van der Waals surface area contributed by atoms with Crippen molar-refractivity contribution < 1.29 is 0 Å². The van der Waals surface area contributed by atoms with Crippen LogP contribution in [0.25, 0.3) is 0 Å². The normalized spacial score (nSPS) is 3.39. The van der Waals surface area contributed by atoms with Crippen LogP contribution in [0.3, 0.4) is 0 Å².